The summed E-state index contributed by atoms with van der Waals surface area (Å²) in [6.07, 6.45) is 0. The molecule has 0 radical (unpaired) electrons. The van der Waals surface area contributed by atoms with E-state index in [9.17, 15) is 9.18 Å². The van der Waals surface area contributed by atoms with E-state index in [1.807, 2.05) is 37.3 Å². The second kappa shape index (κ2) is 6.36. The van der Waals surface area contributed by atoms with Crippen LogP contribution in [0.15, 0.2) is 48.5 Å². The number of benzene rings is 2. The van der Waals surface area contributed by atoms with Crippen LogP contribution in [0, 0.1) is 5.82 Å². The highest BCUT2D eigenvalue weighted by Crippen LogP contribution is 2.36. The van der Waals surface area contributed by atoms with Crippen LogP contribution in [-0.4, -0.2) is 25.0 Å². The molecule has 0 bridgehead atoms. The Bertz CT molecular complexity index is 678. The fourth-order valence-corrected chi connectivity index (χ4v) is 2.67. The minimum absolute atomic E-state index is 0.0324. The summed E-state index contributed by atoms with van der Waals surface area (Å²) in [5.41, 5.74) is 0.860. The molecule has 2 aromatic rings. The highest BCUT2D eigenvalue weighted by molar-refractivity contribution is 6.30. The first-order valence-electron chi connectivity index (χ1n) is 6.88. The van der Waals surface area contributed by atoms with Crippen molar-refractivity contribution in [3.63, 3.8) is 0 Å². The number of hydrogen-bond donors (Lipinski definition) is 1. The van der Waals surface area contributed by atoms with Gasteiger partial charge in [-0.2, -0.15) is 0 Å². The largest absolute Gasteiger partial charge is 0.341 e. The first kappa shape index (κ1) is 16.3. The van der Waals surface area contributed by atoms with Gasteiger partial charge in [0.15, 0.2) is 0 Å². The number of hydrogen-bond acceptors (Lipinski definition) is 1. The van der Waals surface area contributed by atoms with Gasteiger partial charge < -0.3 is 10.2 Å². The van der Waals surface area contributed by atoms with Crippen molar-refractivity contribution in [2.45, 2.75) is 12.5 Å². The Morgan fingerprint density at radius 3 is 2.36 bits per heavy atom. The molecule has 22 heavy (non-hydrogen) atoms. The molecule has 0 aliphatic heterocycles. The first-order valence-corrected chi connectivity index (χ1v) is 7.25. The van der Waals surface area contributed by atoms with Crippen LogP contribution >= 0.6 is 11.6 Å². The van der Waals surface area contributed by atoms with Gasteiger partial charge in [0.25, 0.3) is 0 Å². The van der Waals surface area contributed by atoms with Gasteiger partial charge in [0.05, 0.1) is 10.6 Å². The molecule has 5 heteroatoms. The molecule has 0 aliphatic carbocycles. The third kappa shape index (κ3) is 2.79. The number of amides is 2. The van der Waals surface area contributed by atoms with Crippen molar-refractivity contribution in [2.24, 2.45) is 0 Å². The average molecular weight is 321 g/mol. The molecule has 0 unspecified atom stereocenters. The van der Waals surface area contributed by atoms with Crippen LogP contribution in [0.4, 0.5) is 9.18 Å². The predicted octanol–water partition coefficient (Wildman–Crippen LogP) is 4.01. The maximum Gasteiger partial charge on any atom is 0.317 e. The summed E-state index contributed by atoms with van der Waals surface area (Å²) < 4.78 is 13.5. The summed E-state index contributed by atoms with van der Waals surface area (Å²) in [4.78, 5) is 13.7. The van der Waals surface area contributed by atoms with Crippen molar-refractivity contribution >= 4 is 17.6 Å². The number of nitrogens with one attached hydrogen (secondary N) is 1. The van der Waals surface area contributed by atoms with Crippen molar-refractivity contribution in [2.75, 3.05) is 14.1 Å². The Hall–Kier alpha value is -2.07. The van der Waals surface area contributed by atoms with Crippen molar-refractivity contribution in [3.05, 3.63) is 70.5 Å². The van der Waals surface area contributed by atoms with Crippen molar-refractivity contribution in [3.8, 4) is 0 Å². The van der Waals surface area contributed by atoms with Crippen LogP contribution in [0.2, 0.25) is 5.02 Å². The zero-order chi connectivity index (χ0) is 16.3. The van der Waals surface area contributed by atoms with Gasteiger partial charge in [-0.25, -0.2) is 9.18 Å². The lowest BCUT2D eigenvalue weighted by molar-refractivity contribution is 0.168. The van der Waals surface area contributed by atoms with Crippen molar-refractivity contribution in [1.29, 1.82) is 0 Å². The van der Waals surface area contributed by atoms with Crippen LogP contribution < -0.4 is 5.32 Å². The Balaban J connectivity index is 2.64. The fraction of sp³-hybridized carbons (Fsp3) is 0.235. The number of halogens is 2. The predicted molar refractivity (Wildman–Crippen MR) is 86.5 cm³/mol. The number of rotatable bonds is 3. The van der Waals surface area contributed by atoms with Gasteiger partial charge in [-0.1, -0.05) is 48.0 Å². The number of urea groups is 1. The first-order chi connectivity index (χ1) is 10.4. The van der Waals surface area contributed by atoms with Gasteiger partial charge in [0.1, 0.15) is 5.82 Å². The molecule has 0 saturated heterocycles. The molecule has 0 saturated carbocycles. The maximum atomic E-state index is 13.5. The summed E-state index contributed by atoms with van der Waals surface area (Å²) in [7, 11) is 3.27. The Labute approximate surface area is 134 Å². The van der Waals surface area contributed by atoms with E-state index in [2.05, 4.69) is 5.32 Å². The maximum absolute atomic E-state index is 13.5. The molecule has 0 spiro atoms. The molecule has 0 aliphatic rings. The molecule has 0 fully saturated rings. The number of nitrogens with zero attached hydrogens (tertiary/aromatic N) is 1. The number of carbonyl (C=O) groups is 1. The molecular weight excluding hydrogens is 303 g/mol. The highest BCUT2D eigenvalue weighted by Gasteiger charge is 2.36. The summed E-state index contributed by atoms with van der Waals surface area (Å²) in [6, 6.07) is 13.8. The molecule has 2 amide bonds. The lowest BCUT2D eigenvalue weighted by atomic mass is 9.83. The van der Waals surface area contributed by atoms with E-state index in [-0.39, 0.29) is 11.1 Å². The molecule has 1 N–H and O–H groups in total. The minimum atomic E-state index is -0.779. The standard InChI is InChI=1S/C17H18ClFN2O/c1-17(21(3)16(22)20-2,12-7-5-4-6-8-12)13-9-10-15(19)14(18)11-13/h4-11H,1-3H3,(H,20,22)/t17-/m1/s1. The topological polar surface area (TPSA) is 32.3 Å². The summed E-state index contributed by atoms with van der Waals surface area (Å²) in [5.74, 6) is -0.483. The quantitative estimate of drug-likeness (QED) is 0.910. The van der Waals surface area contributed by atoms with E-state index < -0.39 is 11.4 Å². The smallest absolute Gasteiger partial charge is 0.317 e. The fourth-order valence-electron chi connectivity index (χ4n) is 2.49. The molecule has 0 heterocycles. The van der Waals surface area contributed by atoms with Gasteiger partial charge in [0.2, 0.25) is 0 Å². The van der Waals surface area contributed by atoms with E-state index in [1.165, 1.54) is 6.07 Å². The average Bonchev–Trinajstić information content (AvgIpc) is 2.56. The minimum Gasteiger partial charge on any atom is -0.341 e. The molecule has 2 aromatic carbocycles. The van der Waals surface area contributed by atoms with E-state index in [0.29, 0.717) is 0 Å². The zero-order valence-corrected chi connectivity index (χ0v) is 13.5. The zero-order valence-electron chi connectivity index (χ0n) is 12.7. The Morgan fingerprint density at radius 1 is 1.18 bits per heavy atom. The summed E-state index contributed by atoms with van der Waals surface area (Å²) in [6.45, 7) is 1.90. The van der Waals surface area contributed by atoms with Crippen molar-refractivity contribution < 1.29 is 9.18 Å². The summed E-state index contributed by atoms with van der Waals surface area (Å²) >= 11 is 5.93. The van der Waals surface area contributed by atoms with Gasteiger partial charge >= 0.3 is 6.03 Å². The lowest BCUT2D eigenvalue weighted by Crippen LogP contribution is -2.49. The van der Waals surface area contributed by atoms with Gasteiger partial charge in [-0.05, 0) is 30.2 Å². The van der Waals surface area contributed by atoms with Crippen LogP contribution in [0.3, 0.4) is 0 Å². The molecule has 3 nitrogen and oxygen atoms in total. The lowest BCUT2D eigenvalue weighted by Gasteiger charge is -2.39. The van der Waals surface area contributed by atoms with Gasteiger partial charge in [0, 0.05) is 14.1 Å². The van der Waals surface area contributed by atoms with Gasteiger partial charge in [-0.15, -0.1) is 0 Å². The third-order valence-electron chi connectivity index (χ3n) is 4.01. The molecule has 116 valence electrons. The van der Waals surface area contributed by atoms with Crippen LogP contribution in [-0.2, 0) is 5.54 Å². The van der Waals surface area contributed by atoms with E-state index in [1.54, 1.807) is 31.1 Å². The normalized spacial score (nSPS) is 13.3. The Morgan fingerprint density at radius 2 is 1.82 bits per heavy atom. The van der Waals surface area contributed by atoms with Crippen LogP contribution in [0.1, 0.15) is 18.1 Å². The number of carbonyl (C=O) groups excluding carboxylic acids is 1. The third-order valence-corrected chi connectivity index (χ3v) is 4.30. The molecule has 1 atom stereocenters. The highest BCUT2D eigenvalue weighted by atomic mass is 35.5. The molecule has 2 rings (SSSR count). The summed E-state index contributed by atoms with van der Waals surface area (Å²) in [5, 5.41) is 2.65. The molecule has 0 aromatic heterocycles. The van der Waals surface area contributed by atoms with E-state index in [4.69, 9.17) is 11.6 Å². The van der Waals surface area contributed by atoms with Crippen LogP contribution in [0.25, 0.3) is 0 Å². The van der Waals surface area contributed by atoms with Crippen molar-refractivity contribution in [1.82, 2.24) is 10.2 Å². The van der Waals surface area contributed by atoms with Crippen LogP contribution in [0.5, 0.6) is 0 Å². The molecular formula is C17H18ClFN2O. The van der Waals surface area contributed by atoms with E-state index in [0.717, 1.165) is 11.1 Å². The van der Waals surface area contributed by atoms with Gasteiger partial charge in [-0.3, -0.25) is 0 Å². The second-order valence-electron chi connectivity index (χ2n) is 5.18. The van der Waals surface area contributed by atoms with E-state index >= 15 is 0 Å². The Kier molecular flexibility index (Phi) is 4.71. The monoisotopic (exact) mass is 320 g/mol. The SMILES string of the molecule is CNC(=O)N(C)[C@](C)(c1ccccc1)c1ccc(F)c(Cl)c1. The second-order valence-corrected chi connectivity index (χ2v) is 5.59.